The second-order valence-corrected chi connectivity index (χ2v) is 12.6. The number of hydrogen-bond acceptors (Lipinski definition) is 2. The van der Waals surface area contributed by atoms with Gasteiger partial charge in [0, 0.05) is 0 Å². The summed E-state index contributed by atoms with van der Waals surface area (Å²) < 4.78 is 27.1. The van der Waals surface area contributed by atoms with E-state index in [1.165, 1.54) is 29.6 Å². The third kappa shape index (κ3) is 8.13. The molecule has 0 fully saturated rings. The molecule has 0 amide bonds. The van der Waals surface area contributed by atoms with E-state index in [-0.39, 0.29) is 5.41 Å². The van der Waals surface area contributed by atoms with Crippen molar-refractivity contribution in [3.05, 3.63) is 101 Å². The van der Waals surface area contributed by atoms with E-state index < -0.39 is 15.1 Å². The molecule has 0 heterocycles. The minimum atomic E-state index is -3.51. The molecule has 184 valence electrons. The van der Waals surface area contributed by atoms with Crippen LogP contribution < -0.4 is 0 Å². The Morgan fingerprint density at radius 1 is 1.03 bits per heavy atom. The first-order valence-corrected chi connectivity index (χ1v) is 13.8. The van der Waals surface area contributed by atoms with Crippen molar-refractivity contribution < 1.29 is 8.42 Å². The van der Waals surface area contributed by atoms with E-state index in [1.54, 1.807) is 24.3 Å². The van der Waals surface area contributed by atoms with Gasteiger partial charge in [0.05, 0.1) is 10.1 Å². The van der Waals surface area contributed by atoms with Gasteiger partial charge in [-0.05, 0) is 83.4 Å². The molecular formula is C31H42O2S. The molecule has 1 aromatic carbocycles. The number of rotatable bonds is 9. The molecule has 34 heavy (non-hydrogen) atoms. The fourth-order valence-corrected chi connectivity index (χ4v) is 6.23. The Kier molecular flexibility index (Phi) is 10.1. The summed E-state index contributed by atoms with van der Waals surface area (Å²) in [6.45, 7) is 14.9. The molecule has 0 bridgehead atoms. The highest BCUT2D eigenvalue weighted by Crippen LogP contribution is 2.40. The van der Waals surface area contributed by atoms with E-state index in [0.717, 1.165) is 17.6 Å². The Morgan fingerprint density at radius 3 is 2.29 bits per heavy atom. The van der Waals surface area contributed by atoms with Crippen molar-refractivity contribution >= 4 is 9.84 Å². The molecule has 3 heteroatoms. The lowest BCUT2D eigenvalue weighted by Gasteiger charge is -2.33. The summed E-state index contributed by atoms with van der Waals surface area (Å²) in [5.41, 5.74) is 6.21. The van der Waals surface area contributed by atoms with Crippen molar-refractivity contribution in [2.24, 2.45) is 5.41 Å². The minimum Gasteiger partial charge on any atom is -0.223 e. The van der Waals surface area contributed by atoms with Crippen LogP contribution in [-0.2, 0) is 9.84 Å². The summed E-state index contributed by atoms with van der Waals surface area (Å²) in [4.78, 5) is 0.368. The Balaban J connectivity index is 2.39. The van der Waals surface area contributed by atoms with Gasteiger partial charge in [0.15, 0.2) is 9.84 Å². The summed E-state index contributed by atoms with van der Waals surface area (Å²) in [6, 6.07) is 8.79. The normalized spacial score (nSPS) is 18.6. The van der Waals surface area contributed by atoms with Gasteiger partial charge in [-0.2, -0.15) is 0 Å². The Labute approximate surface area is 208 Å². The molecule has 1 aliphatic carbocycles. The molecule has 0 radical (unpaired) electrons. The van der Waals surface area contributed by atoms with Crippen LogP contribution in [0.2, 0.25) is 0 Å². The predicted molar refractivity (Wildman–Crippen MR) is 148 cm³/mol. The van der Waals surface area contributed by atoms with E-state index in [0.29, 0.717) is 11.3 Å². The zero-order valence-electron chi connectivity index (χ0n) is 22.1. The van der Waals surface area contributed by atoms with Crippen LogP contribution in [0.5, 0.6) is 0 Å². The number of allylic oxidation sites excluding steroid dienone is 11. The molecular weight excluding hydrogens is 436 g/mol. The highest BCUT2D eigenvalue weighted by Gasteiger charge is 2.27. The standard InChI is InChI=1S/C31H42O2S/c1-24(2)14-11-12-15-25(3)22-29(34(32,33)28-17-9-8-10-18-28)23-26(4)19-20-30-27(5)16-13-21-31(30,6)7/h8-12,14-15,17-20,23,29H,13,16,21-22H2,1-7H3/b12-11+,20-19+,25-15+,26-23+. The molecule has 2 rings (SSSR count). The summed E-state index contributed by atoms with van der Waals surface area (Å²) in [6.07, 6.45) is 18.2. The molecule has 0 aromatic heterocycles. The zero-order valence-corrected chi connectivity index (χ0v) is 22.9. The molecule has 1 aromatic rings. The Morgan fingerprint density at radius 2 is 1.68 bits per heavy atom. The van der Waals surface area contributed by atoms with Crippen molar-refractivity contribution in [2.45, 2.75) is 84.3 Å². The van der Waals surface area contributed by atoms with Crippen LogP contribution in [0.25, 0.3) is 0 Å². The average molecular weight is 479 g/mol. The topological polar surface area (TPSA) is 34.1 Å². The lowest BCUT2D eigenvalue weighted by atomic mass is 9.72. The van der Waals surface area contributed by atoms with Crippen LogP contribution in [0.3, 0.4) is 0 Å². The second kappa shape index (κ2) is 12.4. The molecule has 0 saturated carbocycles. The first-order valence-electron chi connectivity index (χ1n) is 12.3. The van der Waals surface area contributed by atoms with Crippen molar-refractivity contribution in [3.8, 4) is 0 Å². The van der Waals surface area contributed by atoms with Crippen molar-refractivity contribution in [1.29, 1.82) is 0 Å². The van der Waals surface area contributed by atoms with Gasteiger partial charge in [-0.1, -0.05) is 96.9 Å². The van der Waals surface area contributed by atoms with Crippen LogP contribution in [0, 0.1) is 5.41 Å². The minimum absolute atomic E-state index is 0.158. The van der Waals surface area contributed by atoms with Crippen molar-refractivity contribution in [3.63, 3.8) is 0 Å². The third-order valence-corrected chi connectivity index (χ3v) is 8.45. The van der Waals surface area contributed by atoms with Gasteiger partial charge in [-0.3, -0.25) is 0 Å². The van der Waals surface area contributed by atoms with Crippen LogP contribution >= 0.6 is 0 Å². The number of hydrogen-bond donors (Lipinski definition) is 0. The first kappa shape index (κ1) is 27.9. The van der Waals surface area contributed by atoms with Gasteiger partial charge in [-0.15, -0.1) is 0 Å². The summed E-state index contributed by atoms with van der Waals surface area (Å²) in [5.74, 6) is 0. The van der Waals surface area contributed by atoms with Gasteiger partial charge in [-0.25, -0.2) is 8.42 Å². The van der Waals surface area contributed by atoms with Gasteiger partial charge >= 0.3 is 0 Å². The Bertz CT molecular complexity index is 1120. The lowest BCUT2D eigenvalue weighted by molar-refractivity contribution is 0.377. The second-order valence-electron chi connectivity index (χ2n) is 10.4. The van der Waals surface area contributed by atoms with E-state index in [1.807, 2.05) is 50.3 Å². The maximum Gasteiger partial charge on any atom is 0.185 e. The van der Waals surface area contributed by atoms with E-state index in [4.69, 9.17) is 0 Å². The fraction of sp³-hybridized carbons (Fsp3) is 0.419. The Hall–Kier alpha value is -2.39. The summed E-state index contributed by atoms with van der Waals surface area (Å²) in [5, 5.41) is -0.623. The highest BCUT2D eigenvalue weighted by molar-refractivity contribution is 7.92. The lowest BCUT2D eigenvalue weighted by Crippen LogP contribution is -2.20. The summed E-state index contributed by atoms with van der Waals surface area (Å²) >= 11 is 0. The highest BCUT2D eigenvalue weighted by atomic mass is 32.2. The van der Waals surface area contributed by atoms with E-state index in [9.17, 15) is 8.42 Å². The fourth-order valence-electron chi connectivity index (χ4n) is 4.47. The molecule has 1 unspecified atom stereocenters. The van der Waals surface area contributed by atoms with Gasteiger partial charge < -0.3 is 0 Å². The molecule has 0 spiro atoms. The monoisotopic (exact) mass is 478 g/mol. The van der Waals surface area contributed by atoms with Crippen molar-refractivity contribution in [1.82, 2.24) is 0 Å². The number of benzene rings is 1. The SMILES string of the molecule is CC(C)=C/C=C/C=C(\C)CC(/C=C(C)/C=C/C1=C(C)CCCC1(C)C)S(=O)(=O)c1ccccc1. The molecule has 0 saturated heterocycles. The van der Waals surface area contributed by atoms with E-state index >= 15 is 0 Å². The molecule has 0 aliphatic heterocycles. The van der Waals surface area contributed by atoms with E-state index in [2.05, 4.69) is 46.8 Å². The third-order valence-electron chi connectivity index (χ3n) is 6.42. The van der Waals surface area contributed by atoms with Gasteiger partial charge in [0.25, 0.3) is 0 Å². The maximum absolute atomic E-state index is 13.6. The zero-order chi connectivity index (χ0) is 25.4. The molecule has 1 aliphatic rings. The molecule has 0 N–H and O–H groups in total. The first-order chi connectivity index (χ1) is 15.9. The average Bonchev–Trinajstić information content (AvgIpc) is 2.76. The molecule has 1 atom stereocenters. The van der Waals surface area contributed by atoms with Crippen molar-refractivity contribution in [2.75, 3.05) is 0 Å². The van der Waals surface area contributed by atoms with Crippen LogP contribution in [0.4, 0.5) is 0 Å². The van der Waals surface area contributed by atoms with Gasteiger partial charge in [0.2, 0.25) is 0 Å². The maximum atomic E-state index is 13.6. The number of sulfone groups is 1. The quantitative estimate of drug-likeness (QED) is 0.333. The van der Waals surface area contributed by atoms with Crippen LogP contribution in [0.15, 0.2) is 106 Å². The van der Waals surface area contributed by atoms with Gasteiger partial charge in [0.1, 0.15) is 0 Å². The summed E-state index contributed by atoms with van der Waals surface area (Å²) in [7, 11) is -3.51. The predicted octanol–water partition coefficient (Wildman–Crippen LogP) is 8.72. The largest absolute Gasteiger partial charge is 0.223 e. The van der Waals surface area contributed by atoms with Crippen LogP contribution in [0.1, 0.15) is 74.1 Å². The smallest absolute Gasteiger partial charge is 0.185 e. The van der Waals surface area contributed by atoms with Crippen LogP contribution in [-0.4, -0.2) is 13.7 Å². The molecule has 2 nitrogen and oxygen atoms in total.